The molecule has 5 nitrogen and oxygen atoms in total. The molecule has 1 atom stereocenters. The summed E-state index contributed by atoms with van der Waals surface area (Å²) in [5.74, 6) is -0.480. The van der Waals surface area contributed by atoms with Crippen molar-refractivity contribution in [1.82, 2.24) is 5.32 Å². The molecule has 0 aromatic heterocycles. The van der Waals surface area contributed by atoms with Crippen molar-refractivity contribution in [2.45, 2.75) is 46.3 Å². The summed E-state index contributed by atoms with van der Waals surface area (Å²) in [5, 5.41) is 14.7. The van der Waals surface area contributed by atoms with Gasteiger partial charge in [0.25, 0.3) is 5.91 Å². The lowest BCUT2D eigenvalue weighted by Crippen LogP contribution is -2.46. The average molecular weight is 296 g/mol. The molecule has 0 aliphatic rings. The third kappa shape index (κ3) is 5.06. The number of benzene rings is 1. The third-order valence-corrected chi connectivity index (χ3v) is 2.65. The van der Waals surface area contributed by atoms with Gasteiger partial charge in [0, 0.05) is 11.1 Å². The highest BCUT2D eigenvalue weighted by Crippen LogP contribution is 2.22. The van der Waals surface area contributed by atoms with Crippen LogP contribution in [0, 0.1) is 5.82 Å². The lowest BCUT2D eigenvalue weighted by atomic mass is 10.1. The Morgan fingerprint density at radius 2 is 2.05 bits per heavy atom. The van der Waals surface area contributed by atoms with E-state index in [-0.39, 0.29) is 22.9 Å². The molecule has 0 saturated heterocycles. The van der Waals surface area contributed by atoms with Crippen LogP contribution in [0.4, 0.5) is 4.39 Å². The van der Waals surface area contributed by atoms with Crippen molar-refractivity contribution in [3.05, 3.63) is 29.6 Å². The van der Waals surface area contributed by atoms with Gasteiger partial charge < -0.3 is 15.3 Å². The van der Waals surface area contributed by atoms with Gasteiger partial charge in [0.15, 0.2) is 6.10 Å². The first-order chi connectivity index (χ1) is 9.64. The van der Waals surface area contributed by atoms with Gasteiger partial charge in [-0.3, -0.25) is 4.79 Å². The van der Waals surface area contributed by atoms with Gasteiger partial charge in [-0.1, -0.05) is 5.16 Å². The first-order valence-electron chi connectivity index (χ1n) is 6.61. The van der Waals surface area contributed by atoms with Gasteiger partial charge in [-0.05, 0) is 52.8 Å². The van der Waals surface area contributed by atoms with Crippen LogP contribution < -0.4 is 10.1 Å². The predicted octanol–water partition coefficient (Wildman–Crippen LogP) is 2.71. The molecular formula is C15H21FN2O3. The summed E-state index contributed by atoms with van der Waals surface area (Å²) in [6, 6.07) is 3.82. The van der Waals surface area contributed by atoms with E-state index in [1.807, 2.05) is 20.8 Å². The molecule has 0 heterocycles. The Bertz CT molecular complexity index is 550. The fourth-order valence-electron chi connectivity index (χ4n) is 1.66. The molecule has 21 heavy (non-hydrogen) atoms. The number of amides is 1. The second-order valence-corrected chi connectivity index (χ2v) is 5.83. The quantitative estimate of drug-likeness (QED) is 0.510. The molecule has 0 spiro atoms. The van der Waals surface area contributed by atoms with Crippen LogP contribution in [0.1, 0.15) is 40.2 Å². The summed E-state index contributed by atoms with van der Waals surface area (Å²) < 4.78 is 18.9. The average Bonchev–Trinajstić information content (AvgIpc) is 2.37. The summed E-state index contributed by atoms with van der Waals surface area (Å²) in [6.45, 7) is 8.71. The first-order valence-corrected chi connectivity index (χ1v) is 6.61. The van der Waals surface area contributed by atoms with Crippen LogP contribution in [0.5, 0.6) is 5.75 Å². The Hall–Kier alpha value is -2.11. The number of nitrogens with zero attached hydrogens (tertiary/aromatic N) is 1. The molecule has 2 N–H and O–H groups in total. The minimum atomic E-state index is -0.764. The highest BCUT2D eigenvalue weighted by Gasteiger charge is 2.22. The fourth-order valence-corrected chi connectivity index (χ4v) is 1.66. The molecule has 0 aliphatic carbocycles. The zero-order valence-electron chi connectivity index (χ0n) is 12.9. The predicted molar refractivity (Wildman–Crippen MR) is 78.4 cm³/mol. The number of nitrogens with one attached hydrogen (secondary N) is 1. The Labute approximate surface area is 123 Å². The highest BCUT2D eigenvalue weighted by atomic mass is 19.1. The summed E-state index contributed by atoms with van der Waals surface area (Å²) >= 11 is 0. The summed E-state index contributed by atoms with van der Waals surface area (Å²) in [4.78, 5) is 12.0. The molecule has 0 saturated carbocycles. The molecule has 6 heteroatoms. The van der Waals surface area contributed by atoms with E-state index in [2.05, 4.69) is 10.5 Å². The van der Waals surface area contributed by atoms with Gasteiger partial charge in [0.2, 0.25) is 0 Å². The van der Waals surface area contributed by atoms with Crippen LogP contribution in [-0.4, -0.2) is 28.5 Å². The highest BCUT2D eigenvalue weighted by molar-refractivity contribution is 6.00. The first kappa shape index (κ1) is 16.9. The monoisotopic (exact) mass is 296 g/mol. The van der Waals surface area contributed by atoms with Crippen molar-refractivity contribution in [1.29, 1.82) is 0 Å². The van der Waals surface area contributed by atoms with Gasteiger partial charge >= 0.3 is 0 Å². The number of hydrogen-bond donors (Lipinski definition) is 2. The maximum Gasteiger partial charge on any atom is 0.261 e. The number of hydrogen-bond acceptors (Lipinski definition) is 4. The third-order valence-electron chi connectivity index (χ3n) is 2.65. The zero-order valence-corrected chi connectivity index (χ0v) is 12.9. The molecule has 0 radical (unpaired) electrons. The van der Waals surface area contributed by atoms with E-state index in [0.717, 1.165) is 0 Å². The van der Waals surface area contributed by atoms with E-state index in [1.165, 1.54) is 25.1 Å². The van der Waals surface area contributed by atoms with Gasteiger partial charge in [0.1, 0.15) is 11.6 Å². The largest absolute Gasteiger partial charge is 0.480 e. The fraction of sp³-hybridized carbons (Fsp3) is 0.467. The van der Waals surface area contributed by atoms with Crippen molar-refractivity contribution in [3.8, 4) is 5.75 Å². The molecule has 0 bridgehead atoms. The lowest BCUT2D eigenvalue weighted by Gasteiger charge is -2.24. The van der Waals surface area contributed by atoms with E-state index < -0.39 is 11.9 Å². The molecular weight excluding hydrogens is 275 g/mol. The van der Waals surface area contributed by atoms with E-state index in [9.17, 15) is 9.18 Å². The minimum absolute atomic E-state index is 0.202. The molecule has 1 unspecified atom stereocenters. The number of carbonyl (C=O) groups is 1. The molecule has 1 aromatic carbocycles. The van der Waals surface area contributed by atoms with Gasteiger partial charge in [-0.15, -0.1) is 0 Å². The second-order valence-electron chi connectivity index (χ2n) is 5.83. The van der Waals surface area contributed by atoms with E-state index in [0.29, 0.717) is 5.56 Å². The van der Waals surface area contributed by atoms with Gasteiger partial charge in [0.05, 0.1) is 5.71 Å². The Kier molecular flexibility index (Phi) is 5.29. The van der Waals surface area contributed by atoms with E-state index >= 15 is 0 Å². The molecule has 116 valence electrons. The van der Waals surface area contributed by atoms with E-state index in [1.54, 1.807) is 6.92 Å². The molecule has 0 fully saturated rings. The number of halogens is 1. The van der Waals surface area contributed by atoms with Crippen LogP contribution in [0.2, 0.25) is 0 Å². The number of oxime groups is 1. The topological polar surface area (TPSA) is 70.9 Å². The maximum atomic E-state index is 13.3. The maximum absolute atomic E-state index is 13.3. The summed E-state index contributed by atoms with van der Waals surface area (Å²) in [5.41, 5.74) is 0.129. The van der Waals surface area contributed by atoms with Crippen LogP contribution in [0.25, 0.3) is 0 Å². The van der Waals surface area contributed by atoms with Crippen LogP contribution in [0.3, 0.4) is 0 Å². The van der Waals surface area contributed by atoms with Crippen molar-refractivity contribution in [2.24, 2.45) is 5.16 Å². The van der Waals surface area contributed by atoms with Gasteiger partial charge in [-0.25, -0.2) is 4.39 Å². The Morgan fingerprint density at radius 3 is 2.57 bits per heavy atom. The molecule has 0 aliphatic heterocycles. The lowest BCUT2D eigenvalue weighted by molar-refractivity contribution is -0.128. The number of rotatable bonds is 4. The van der Waals surface area contributed by atoms with Crippen molar-refractivity contribution in [2.75, 3.05) is 0 Å². The van der Waals surface area contributed by atoms with Crippen molar-refractivity contribution in [3.63, 3.8) is 0 Å². The van der Waals surface area contributed by atoms with Crippen LogP contribution in [-0.2, 0) is 4.79 Å². The molecule has 1 aromatic rings. The minimum Gasteiger partial charge on any atom is -0.480 e. The standard InChI is InChI=1S/C15H21FN2O3/c1-9(18-20)12-8-11(16)6-7-13(12)21-10(2)14(19)17-15(3,4)5/h6-8,10,20H,1-5H3,(H,17,19)/b18-9+. The zero-order chi connectivity index (χ0) is 16.2. The van der Waals surface area contributed by atoms with Gasteiger partial charge in [-0.2, -0.15) is 0 Å². The summed E-state index contributed by atoms with van der Waals surface area (Å²) in [6.07, 6.45) is -0.764. The smallest absolute Gasteiger partial charge is 0.261 e. The van der Waals surface area contributed by atoms with Crippen molar-refractivity contribution >= 4 is 11.6 Å². The second kappa shape index (κ2) is 6.56. The van der Waals surface area contributed by atoms with E-state index in [4.69, 9.17) is 9.94 Å². The number of carbonyl (C=O) groups excluding carboxylic acids is 1. The summed E-state index contributed by atoms with van der Waals surface area (Å²) in [7, 11) is 0. The Morgan fingerprint density at radius 1 is 1.43 bits per heavy atom. The van der Waals surface area contributed by atoms with Crippen LogP contribution in [0.15, 0.2) is 23.4 Å². The number of ether oxygens (including phenoxy) is 1. The molecule has 1 amide bonds. The van der Waals surface area contributed by atoms with Crippen molar-refractivity contribution < 1.29 is 19.1 Å². The normalized spacial score (nSPS) is 13.7. The van der Waals surface area contributed by atoms with Crippen LogP contribution >= 0.6 is 0 Å². The SMILES string of the molecule is C/C(=N\O)c1cc(F)ccc1OC(C)C(=O)NC(C)(C)C. The Balaban J connectivity index is 2.95. The molecule has 1 rings (SSSR count).